The molecule has 0 aliphatic rings. The lowest BCUT2D eigenvalue weighted by atomic mass is 10.4. The predicted molar refractivity (Wildman–Crippen MR) is 72.9 cm³/mol. The molecule has 18 heavy (non-hydrogen) atoms. The van der Waals surface area contributed by atoms with Crippen molar-refractivity contribution < 1.29 is 4.40 Å². The molecule has 0 radical (unpaired) electrons. The van der Waals surface area contributed by atoms with E-state index in [-0.39, 0.29) is 0 Å². The lowest BCUT2D eigenvalue weighted by molar-refractivity contribution is -0.505. The van der Waals surface area contributed by atoms with E-state index in [1.54, 1.807) is 23.1 Å². The number of fused-ring (bicyclic) bond motifs is 1. The topological polar surface area (TPSA) is 45.7 Å². The van der Waals surface area contributed by atoms with Crippen LogP contribution in [-0.4, -0.2) is 15.0 Å². The number of imidazole rings is 1. The molecule has 0 aliphatic carbocycles. The molecule has 4 nitrogen and oxygen atoms in total. The maximum atomic E-state index is 4.42. The SMILES string of the molecule is Cc1cc(C)nc(SCc2c[n+]3ccsc3[nH]2)n1. The fourth-order valence-electron chi connectivity index (χ4n) is 1.80. The number of hydrogen-bond donors (Lipinski definition) is 1. The lowest BCUT2D eigenvalue weighted by Crippen LogP contribution is -2.11. The normalized spacial score (nSPS) is 11.2. The summed E-state index contributed by atoms with van der Waals surface area (Å²) in [5.74, 6) is 0.858. The Morgan fingerprint density at radius 1 is 1.33 bits per heavy atom. The number of aromatic amines is 1. The fraction of sp³-hybridized carbons (Fsp3) is 0.250. The third kappa shape index (κ3) is 2.39. The Morgan fingerprint density at radius 3 is 2.83 bits per heavy atom. The number of aryl methyl sites for hydroxylation is 2. The molecule has 0 spiro atoms. The highest BCUT2D eigenvalue weighted by atomic mass is 32.2. The number of thioether (sulfide) groups is 1. The van der Waals surface area contributed by atoms with Gasteiger partial charge in [0.1, 0.15) is 12.4 Å². The van der Waals surface area contributed by atoms with Gasteiger partial charge in [0, 0.05) is 16.8 Å². The van der Waals surface area contributed by atoms with Gasteiger partial charge >= 0.3 is 4.96 Å². The lowest BCUT2D eigenvalue weighted by Gasteiger charge is -2.00. The average Bonchev–Trinajstić information content (AvgIpc) is 2.84. The predicted octanol–water partition coefficient (Wildman–Crippen LogP) is 2.51. The summed E-state index contributed by atoms with van der Waals surface area (Å²) in [7, 11) is 0. The number of hydrogen-bond acceptors (Lipinski definition) is 4. The largest absolute Gasteiger partial charge is 0.343 e. The van der Waals surface area contributed by atoms with Crippen LogP contribution in [0.25, 0.3) is 4.96 Å². The summed E-state index contributed by atoms with van der Waals surface area (Å²) >= 11 is 3.36. The van der Waals surface area contributed by atoms with E-state index in [0.29, 0.717) is 0 Å². The Morgan fingerprint density at radius 2 is 2.11 bits per heavy atom. The molecule has 0 atom stereocenters. The summed E-state index contributed by atoms with van der Waals surface area (Å²) in [4.78, 5) is 13.4. The molecule has 0 aliphatic heterocycles. The van der Waals surface area contributed by atoms with Crippen LogP contribution in [0, 0.1) is 13.8 Å². The second kappa shape index (κ2) is 4.70. The zero-order chi connectivity index (χ0) is 12.5. The fourth-order valence-corrected chi connectivity index (χ4v) is 3.39. The van der Waals surface area contributed by atoms with Gasteiger partial charge < -0.3 is 0 Å². The minimum Gasteiger partial charge on any atom is -0.230 e. The summed E-state index contributed by atoms with van der Waals surface area (Å²) < 4.78 is 2.10. The Balaban J connectivity index is 1.75. The molecule has 0 saturated heterocycles. The molecule has 0 fully saturated rings. The first kappa shape index (κ1) is 11.7. The van der Waals surface area contributed by atoms with Gasteiger partial charge in [-0.1, -0.05) is 23.1 Å². The highest BCUT2D eigenvalue weighted by Gasteiger charge is 2.10. The maximum Gasteiger partial charge on any atom is 0.343 e. The first-order valence-corrected chi connectivity index (χ1v) is 7.49. The van der Waals surface area contributed by atoms with E-state index in [4.69, 9.17) is 0 Å². The van der Waals surface area contributed by atoms with Gasteiger partial charge in [-0.2, -0.15) is 4.40 Å². The van der Waals surface area contributed by atoms with Crippen LogP contribution in [-0.2, 0) is 5.75 Å². The molecule has 0 bridgehead atoms. The van der Waals surface area contributed by atoms with E-state index in [1.165, 1.54) is 5.69 Å². The zero-order valence-electron chi connectivity index (χ0n) is 10.2. The third-order valence-corrected chi connectivity index (χ3v) is 4.21. The van der Waals surface area contributed by atoms with Crippen molar-refractivity contribution in [3.63, 3.8) is 0 Å². The van der Waals surface area contributed by atoms with Crippen molar-refractivity contribution in [2.45, 2.75) is 24.8 Å². The van der Waals surface area contributed by atoms with E-state index in [1.807, 2.05) is 19.9 Å². The Hall–Kier alpha value is -1.40. The van der Waals surface area contributed by atoms with E-state index in [0.717, 1.165) is 27.3 Å². The van der Waals surface area contributed by atoms with Crippen molar-refractivity contribution in [3.8, 4) is 0 Å². The van der Waals surface area contributed by atoms with Crippen molar-refractivity contribution in [1.29, 1.82) is 0 Å². The molecule has 3 rings (SSSR count). The van der Waals surface area contributed by atoms with Crippen LogP contribution in [0.3, 0.4) is 0 Å². The maximum absolute atomic E-state index is 4.42. The monoisotopic (exact) mass is 277 g/mol. The van der Waals surface area contributed by atoms with Gasteiger partial charge in [0.2, 0.25) is 0 Å². The Bertz CT molecular complexity index is 638. The molecule has 0 saturated carbocycles. The van der Waals surface area contributed by atoms with Crippen LogP contribution >= 0.6 is 23.1 Å². The standard InChI is InChI=1S/C12H12N4S2/c1-8-5-9(2)14-11(13-8)18-7-10-6-16-3-4-17-12(16)15-10/h3-6H,7H2,1-2H3/p+1. The molecule has 3 aromatic rings. The highest BCUT2D eigenvalue weighted by molar-refractivity contribution is 7.98. The van der Waals surface area contributed by atoms with Gasteiger partial charge in [-0.25, -0.2) is 15.0 Å². The van der Waals surface area contributed by atoms with Gasteiger partial charge in [-0.15, -0.1) is 0 Å². The summed E-state index contributed by atoms with van der Waals surface area (Å²) in [6.07, 6.45) is 4.17. The Kier molecular flexibility index (Phi) is 3.05. The molecule has 3 aromatic heterocycles. The number of nitrogens with one attached hydrogen (secondary N) is 1. The first-order valence-electron chi connectivity index (χ1n) is 5.62. The molecule has 1 N–H and O–H groups in total. The van der Waals surface area contributed by atoms with Crippen LogP contribution in [0.2, 0.25) is 0 Å². The van der Waals surface area contributed by atoms with Crippen molar-refractivity contribution >= 4 is 28.1 Å². The highest BCUT2D eigenvalue weighted by Crippen LogP contribution is 2.19. The molecule has 0 aromatic carbocycles. The third-order valence-electron chi connectivity index (χ3n) is 2.52. The van der Waals surface area contributed by atoms with E-state index in [9.17, 15) is 0 Å². The minimum atomic E-state index is 0.843. The second-order valence-electron chi connectivity index (χ2n) is 4.12. The van der Waals surface area contributed by atoms with Crippen LogP contribution in [0.1, 0.15) is 17.1 Å². The van der Waals surface area contributed by atoms with Gasteiger partial charge in [-0.3, -0.25) is 0 Å². The minimum absolute atomic E-state index is 0.843. The van der Waals surface area contributed by atoms with Crippen LogP contribution in [0.4, 0.5) is 0 Å². The van der Waals surface area contributed by atoms with Crippen molar-refractivity contribution in [1.82, 2.24) is 15.0 Å². The Labute approximate surface area is 113 Å². The first-order chi connectivity index (χ1) is 8.70. The molecule has 0 amide bonds. The van der Waals surface area contributed by atoms with Crippen LogP contribution in [0.15, 0.2) is 29.0 Å². The number of thiazole rings is 1. The van der Waals surface area contributed by atoms with E-state index < -0.39 is 0 Å². The number of nitrogens with zero attached hydrogens (tertiary/aromatic N) is 3. The van der Waals surface area contributed by atoms with Crippen LogP contribution < -0.4 is 4.40 Å². The summed E-state index contributed by atoms with van der Waals surface area (Å²) in [6, 6.07) is 1.99. The van der Waals surface area contributed by atoms with Gasteiger partial charge in [0.25, 0.3) is 0 Å². The van der Waals surface area contributed by atoms with E-state index in [2.05, 4.69) is 37.1 Å². The quantitative estimate of drug-likeness (QED) is 0.454. The van der Waals surface area contributed by atoms with Gasteiger partial charge in [0.05, 0.1) is 5.75 Å². The summed E-state index contributed by atoms with van der Waals surface area (Å²) in [5, 5.41) is 2.91. The van der Waals surface area contributed by atoms with Gasteiger partial charge in [-0.05, 0) is 19.9 Å². The molecule has 0 unspecified atom stereocenters. The average molecular weight is 277 g/mol. The molecule has 3 heterocycles. The zero-order valence-corrected chi connectivity index (χ0v) is 11.8. The molecular formula is C12H13N4S2+. The summed E-state index contributed by atoms with van der Waals surface area (Å²) in [6.45, 7) is 4.00. The van der Waals surface area contributed by atoms with E-state index >= 15 is 0 Å². The van der Waals surface area contributed by atoms with Crippen molar-refractivity contribution in [2.24, 2.45) is 0 Å². The molecule has 6 heteroatoms. The molecular weight excluding hydrogens is 264 g/mol. The second-order valence-corrected chi connectivity index (χ2v) is 5.95. The molecule has 92 valence electrons. The summed E-state index contributed by atoms with van der Waals surface area (Å²) in [5.41, 5.74) is 3.23. The van der Waals surface area contributed by atoms with Crippen LogP contribution in [0.5, 0.6) is 0 Å². The van der Waals surface area contributed by atoms with Crippen molar-refractivity contribution in [3.05, 3.63) is 40.9 Å². The number of rotatable bonds is 3. The smallest absolute Gasteiger partial charge is 0.230 e. The van der Waals surface area contributed by atoms with Crippen molar-refractivity contribution in [2.75, 3.05) is 0 Å². The number of aromatic nitrogens is 4. The number of H-pyrrole nitrogens is 1. The van der Waals surface area contributed by atoms with Gasteiger partial charge in [0.15, 0.2) is 10.9 Å².